The number of fused-ring (bicyclic) bond motifs is 1. The Kier molecular flexibility index (Phi) is 7.43. The van der Waals surface area contributed by atoms with E-state index in [9.17, 15) is 9.59 Å². The van der Waals surface area contributed by atoms with Crippen LogP contribution in [0.25, 0.3) is 23.1 Å². The zero-order chi connectivity index (χ0) is 22.2. The van der Waals surface area contributed by atoms with Gasteiger partial charge in [-0.1, -0.05) is 31.2 Å². The summed E-state index contributed by atoms with van der Waals surface area (Å²) in [5, 5.41) is 9.53. The quantitative estimate of drug-likeness (QED) is 0.526. The molecule has 7 nitrogen and oxygen atoms in total. The molecule has 1 aromatic heterocycles. The molecule has 0 saturated carbocycles. The average molecular weight is 422 g/mol. The van der Waals surface area contributed by atoms with E-state index in [0.29, 0.717) is 41.4 Å². The molecule has 0 saturated heterocycles. The van der Waals surface area contributed by atoms with Crippen LogP contribution in [0.1, 0.15) is 38.1 Å². The van der Waals surface area contributed by atoms with Gasteiger partial charge < -0.3 is 14.6 Å². The maximum atomic E-state index is 12.9. The number of carbonyl (C=O) groups is 1. The van der Waals surface area contributed by atoms with Gasteiger partial charge in [0.2, 0.25) is 0 Å². The highest BCUT2D eigenvalue weighted by molar-refractivity contribution is 5.79. The van der Waals surface area contributed by atoms with Crippen molar-refractivity contribution in [2.45, 2.75) is 33.2 Å². The van der Waals surface area contributed by atoms with Crippen molar-refractivity contribution in [2.75, 3.05) is 13.2 Å². The van der Waals surface area contributed by atoms with Gasteiger partial charge >= 0.3 is 5.97 Å². The molecule has 2 aromatic carbocycles. The van der Waals surface area contributed by atoms with Crippen molar-refractivity contribution in [3.05, 3.63) is 64.2 Å². The molecule has 0 atom stereocenters. The van der Waals surface area contributed by atoms with Crippen molar-refractivity contribution in [3.63, 3.8) is 0 Å². The molecular formula is C24H26N2O5. The van der Waals surface area contributed by atoms with E-state index in [0.717, 1.165) is 12.0 Å². The molecule has 0 aliphatic carbocycles. The number of rotatable bonds is 10. The van der Waals surface area contributed by atoms with Gasteiger partial charge in [0, 0.05) is 6.54 Å². The van der Waals surface area contributed by atoms with Crippen molar-refractivity contribution in [2.24, 2.45) is 0 Å². The van der Waals surface area contributed by atoms with Crippen LogP contribution in [0.3, 0.4) is 0 Å². The lowest BCUT2D eigenvalue weighted by Crippen LogP contribution is -2.25. The number of nitrogens with zero attached hydrogens (tertiary/aromatic N) is 2. The third-order valence-electron chi connectivity index (χ3n) is 4.59. The molecule has 3 aromatic rings. The van der Waals surface area contributed by atoms with Crippen molar-refractivity contribution >= 4 is 29.0 Å². The summed E-state index contributed by atoms with van der Waals surface area (Å²) >= 11 is 0. The molecule has 0 fully saturated rings. The number of hydrogen-bond donors (Lipinski definition) is 1. The lowest BCUT2D eigenvalue weighted by molar-refractivity contribution is -0.137. The second-order valence-electron chi connectivity index (χ2n) is 6.91. The predicted molar refractivity (Wildman–Crippen MR) is 121 cm³/mol. The van der Waals surface area contributed by atoms with Crippen LogP contribution in [0.15, 0.2) is 47.3 Å². The summed E-state index contributed by atoms with van der Waals surface area (Å²) in [4.78, 5) is 28.6. The first kappa shape index (κ1) is 22.1. The van der Waals surface area contributed by atoms with Gasteiger partial charge in [0.05, 0.1) is 30.5 Å². The fourth-order valence-corrected chi connectivity index (χ4v) is 3.13. The van der Waals surface area contributed by atoms with Gasteiger partial charge in [-0.05, 0) is 49.2 Å². The summed E-state index contributed by atoms with van der Waals surface area (Å²) in [5.74, 6) is 0.754. The Labute approximate surface area is 180 Å². The minimum absolute atomic E-state index is 0.0413. The Morgan fingerprint density at radius 3 is 2.65 bits per heavy atom. The number of para-hydroxylation sites is 1. The van der Waals surface area contributed by atoms with Crippen molar-refractivity contribution in [3.8, 4) is 11.5 Å². The number of hydrogen-bond acceptors (Lipinski definition) is 5. The Morgan fingerprint density at radius 1 is 1.10 bits per heavy atom. The lowest BCUT2D eigenvalue weighted by atomic mass is 10.1. The van der Waals surface area contributed by atoms with Crippen LogP contribution in [0, 0.1) is 0 Å². The van der Waals surface area contributed by atoms with Gasteiger partial charge in [-0.2, -0.15) is 0 Å². The number of aromatic nitrogens is 2. The summed E-state index contributed by atoms with van der Waals surface area (Å²) in [7, 11) is 0. The summed E-state index contributed by atoms with van der Waals surface area (Å²) in [5.41, 5.74) is 1.15. The van der Waals surface area contributed by atoms with E-state index in [1.165, 1.54) is 4.57 Å². The molecule has 3 rings (SSSR count). The molecule has 7 heteroatoms. The van der Waals surface area contributed by atoms with Gasteiger partial charge in [0.25, 0.3) is 5.56 Å². The third kappa shape index (κ3) is 5.51. The lowest BCUT2D eigenvalue weighted by Gasteiger charge is -2.12. The number of carboxylic acids is 1. The van der Waals surface area contributed by atoms with Crippen molar-refractivity contribution < 1.29 is 19.4 Å². The minimum Gasteiger partial charge on any atom is -0.490 e. The SMILES string of the molecule is CCCOc1ccc(/C=C/c2nc3ccccc3c(=O)n2CCC(=O)O)cc1OCC. The largest absolute Gasteiger partial charge is 0.490 e. The maximum Gasteiger partial charge on any atom is 0.305 e. The number of ether oxygens (including phenoxy) is 2. The fraction of sp³-hybridized carbons (Fsp3) is 0.292. The van der Waals surface area contributed by atoms with Gasteiger partial charge in [-0.3, -0.25) is 14.2 Å². The summed E-state index contributed by atoms with van der Waals surface area (Å²) in [6.07, 6.45) is 4.26. The molecule has 162 valence electrons. The molecule has 1 heterocycles. The van der Waals surface area contributed by atoms with E-state index in [1.807, 2.05) is 44.2 Å². The molecule has 0 aliphatic rings. The molecular weight excluding hydrogens is 396 g/mol. The van der Waals surface area contributed by atoms with Crippen molar-refractivity contribution in [1.82, 2.24) is 9.55 Å². The fourth-order valence-electron chi connectivity index (χ4n) is 3.13. The molecule has 31 heavy (non-hydrogen) atoms. The number of aliphatic carboxylic acids is 1. The van der Waals surface area contributed by atoms with Crippen molar-refractivity contribution in [1.29, 1.82) is 0 Å². The zero-order valence-corrected chi connectivity index (χ0v) is 17.7. The standard InChI is InChI=1S/C24H26N2O5/c1-3-15-31-20-11-9-17(16-21(20)30-4-2)10-12-22-25-19-8-6-5-7-18(19)24(29)26(22)14-13-23(27)28/h5-12,16H,3-4,13-15H2,1-2H3,(H,27,28)/b12-10+. The molecule has 0 radical (unpaired) electrons. The Bertz CT molecular complexity index is 1150. The van der Waals surface area contributed by atoms with Crippen LogP contribution >= 0.6 is 0 Å². The normalized spacial score (nSPS) is 11.2. The molecule has 0 bridgehead atoms. The van der Waals surface area contributed by atoms with E-state index in [4.69, 9.17) is 14.6 Å². The second-order valence-corrected chi connectivity index (χ2v) is 6.91. The predicted octanol–water partition coefficient (Wildman–Crippen LogP) is 4.23. The smallest absolute Gasteiger partial charge is 0.305 e. The van der Waals surface area contributed by atoms with Crippen LogP contribution in [-0.2, 0) is 11.3 Å². The second kappa shape index (κ2) is 10.4. The van der Waals surface area contributed by atoms with E-state index in [-0.39, 0.29) is 18.5 Å². The average Bonchev–Trinajstić information content (AvgIpc) is 2.76. The van der Waals surface area contributed by atoms with E-state index >= 15 is 0 Å². The molecule has 0 amide bonds. The van der Waals surface area contributed by atoms with E-state index in [2.05, 4.69) is 4.98 Å². The van der Waals surface area contributed by atoms with Gasteiger partial charge in [0.1, 0.15) is 5.82 Å². The topological polar surface area (TPSA) is 90.7 Å². The number of carboxylic acid groups (broad SMARTS) is 1. The highest BCUT2D eigenvalue weighted by Crippen LogP contribution is 2.29. The van der Waals surface area contributed by atoms with Crippen LogP contribution < -0.4 is 15.0 Å². The Morgan fingerprint density at radius 2 is 1.90 bits per heavy atom. The van der Waals surface area contributed by atoms with Gasteiger partial charge in [0.15, 0.2) is 11.5 Å². The highest BCUT2D eigenvalue weighted by atomic mass is 16.5. The Hall–Kier alpha value is -3.61. The van der Waals surface area contributed by atoms with Gasteiger partial charge in [-0.15, -0.1) is 0 Å². The number of benzene rings is 2. The molecule has 0 unspecified atom stereocenters. The zero-order valence-electron chi connectivity index (χ0n) is 17.7. The van der Waals surface area contributed by atoms with Gasteiger partial charge in [-0.25, -0.2) is 4.98 Å². The first-order valence-electron chi connectivity index (χ1n) is 10.3. The monoisotopic (exact) mass is 422 g/mol. The van der Waals surface area contributed by atoms with E-state index < -0.39 is 5.97 Å². The maximum absolute atomic E-state index is 12.9. The molecule has 1 N–H and O–H groups in total. The van der Waals surface area contributed by atoms with Crippen LogP contribution in [0.4, 0.5) is 0 Å². The summed E-state index contributed by atoms with van der Waals surface area (Å²) in [6, 6.07) is 12.6. The summed E-state index contributed by atoms with van der Waals surface area (Å²) in [6.45, 7) is 5.10. The highest BCUT2D eigenvalue weighted by Gasteiger charge is 2.11. The van der Waals surface area contributed by atoms with Crippen LogP contribution in [0.2, 0.25) is 0 Å². The third-order valence-corrected chi connectivity index (χ3v) is 4.59. The summed E-state index contributed by atoms with van der Waals surface area (Å²) < 4.78 is 12.8. The first-order valence-corrected chi connectivity index (χ1v) is 10.3. The first-order chi connectivity index (χ1) is 15.0. The molecule has 0 spiro atoms. The van der Waals surface area contributed by atoms with E-state index in [1.54, 1.807) is 24.3 Å². The van der Waals surface area contributed by atoms with Crippen LogP contribution in [0.5, 0.6) is 11.5 Å². The molecule has 0 aliphatic heterocycles. The minimum atomic E-state index is -0.973. The Balaban J connectivity index is 1.99. The van der Waals surface area contributed by atoms with Crippen LogP contribution in [-0.4, -0.2) is 33.8 Å².